The minimum atomic E-state index is -0.765. The molecule has 0 aromatic carbocycles. The molecule has 0 bridgehead atoms. The number of unbranched alkanes of at least 4 members (excludes halogenated alkanes) is 1. The minimum Gasteiger partial charge on any atom is -0.467 e. The highest BCUT2D eigenvalue weighted by molar-refractivity contribution is 7.99. The van der Waals surface area contributed by atoms with Gasteiger partial charge in [0.1, 0.15) is 6.04 Å². The molecule has 3 N–H and O–H groups in total. The molecule has 0 saturated heterocycles. The third-order valence-electron chi connectivity index (χ3n) is 3.31. The zero-order chi connectivity index (χ0) is 18.8. The average Bonchev–Trinajstić information content (AvgIpc) is 2.55. The van der Waals surface area contributed by atoms with E-state index in [1.807, 2.05) is 0 Å². The van der Waals surface area contributed by atoms with Crippen LogP contribution in [0.15, 0.2) is 15.7 Å². The van der Waals surface area contributed by atoms with Crippen molar-refractivity contribution in [3.8, 4) is 0 Å². The first-order chi connectivity index (χ1) is 11.9. The van der Waals surface area contributed by atoms with Gasteiger partial charge in [-0.05, 0) is 25.2 Å². The fourth-order valence-electron chi connectivity index (χ4n) is 1.95. The van der Waals surface area contributed by atoms with Gasteiger partial charge in [-0.25, -0.2) is 9.59 Å². The zero-order valence-corrected chi connectivity index (χ0v) is 15.3. The number of hydrogen-bond acceptors (Lipinski definition) is 6. The Hall–Kier alpha value is -2.29. The van der Waals surface area contributed by atoms with Gasteiger partial charge in [0, 0.05) is 17.5 Å². The number of methoxy groups -OCH3 is 1. The van der Waals surface area contributed by atoms with Crippen LogP contribution in [0.4, 0.5) is 0 Å². The number of ether oxygens (including phenoxy) is 1. The van der Waals surface area contributed by atoms with Crippen molar-refractivity contribution in [2.75, 3.05) is 18.6 Å². The van der Waals surface area contributed by atoms with E-state index in [1.54, 1.807) is 18.7 Å². The molecule has 0 unspecified atom stereocenters. The Bertz CT molecular complexity index is 738. The number of hydrogen-bond donors (Lipinski definition) is 3. The minimum absolute atomic E-state index is 0.168. The van der Waals surface area contributed by atoms with E-state index in [2.05, 4.69) is 22.2 Å². The van der Waals surface area contributed by atoms with Gasteiger partial charge in [-0.1, -0.05) is 13.3 Å². The number of nitrogens with one attached hydrogen (secondary N) is 3. The van der Waals surface area contributed by atoms with E-state index in [-0.39, 0.29) is 5.56 Å². The molecular weight excluding hydrogens is 346 g/mol. The first kappa shape index (κ1) is 20.8. The Balaban J connectivity index is 2.75. The number of esters is 1. The van der Waals surface area contributed by atoms with Crippen molar-refractivity contribution in [2.45, 2.75) is 32.7 Å². The lowest BCUT2D eigenvalue weighted by atomic mass is 10.2. The van der Waals surface area contributed by atoms with Crippen LogP contribution in [-0.4, -0.2) is 46.5 Å². The quantitative estimate of drug-likeness (QED) is 0.332. The smallest absolute Gasteiger partial charge is 0.329 e. The van der Waals surface area contributed by atoms with Crippen molar-refractivity contribution in [2.24, 2.45) is 0 Å². The van der Waals surface area contributed by atoms with Crippen molar-refractivity contribution < 1.29 is 14.3 Å². The normalized spacial score (nSPS) is 12.1. The third-order valence-corrected chi connectivity index (χ3v) is 4.45. The van der Waals surface area contributed by atoms with E-state index in [1.165, 1.54) is 13.2 Å². The highest BCUT2D eigenvalue weighted by atomic mass is 32.2. The van der Waals surface area contributed by atoms with E-state index in [9.17, 15) is 19.2 Å². The molecule has 9 heteroatoms. The summed E-state index contributed by atoms with van der Waals surface area (Å²) in [6.07, 6.45) is 4.51. The fraction of sp³-hybridized carbons (Fsp3) is 0.500. The second kappa shape index (κ2) is 10.5. The molecule has 1 heterocycles. The van der Waals surface area contributed by atoms with Gasteiger partial charge in [-0.3, -0.25) is 14.6 Å². The van der Waals surface area contributed by atoms with Gasteiger partial charge in [-0.2, -0.15) is 11.8 Å². The van der Waals surface area contributed by atoms with E-state index in [0.717, 1.165) is 24.7 Å². The fourth-order valence-corrected chi connectivity index (χ4v) is 3.06. The average molecular weight is 369 g/mol. The molecule has 1 atom stereocenters. The predicted octanol–water partition coefficient (Wildman–Crippen LogP) is 0.576. The summed E-state index contributed by atoms with van der Waals surface area (Å²) in [5, 5.41) is 2.56. The Labute approximate surface area is 149 Å². The van der Waals surface area contributed by atoms with Crippen molar-refractivity contribution in [3.63, 3.8) is 0 Å². The Morgan fingerprint density at radius 1 is 1.32 bits per heavy atom. The van der Waals surface area contributed by atoms with Crippen LogP contribution in [0.2, 0.25) is 0 Å². The molecule has 1 aromatic rings. The molecule has 0 aliphatic carbocycles. The molecule has 0 fully saturated rings. The maximum absolute atomic E-state index is 12.0. The van der Waals surface area contributed by atoms with E-state index >= 15 is 0 Å². The van der Waals surface area contributed by atoms with E-state index < -0.39 is 29.2 Å². The summed E-state index contributed by atoms with van der Waals surface area (Å²) in [4.78, 5) is 51.2. The predicted molar refractivity (Wildman–Crippen MR) is 97.6 cm³/mol. The van der Waals surface area contributed by atoms with Crippen molar-refractivity contribution in [3.05, 3.63) is 38.2 Å². The maximum atomic E-state index is 12.0. The third kappa shape index (κ3) is 7.00. The topological polar surface area (TPSA) is 121 Å². The van der Waals surface area contributed by atoms with Gasteiger partial charge in [-0.15, -0.1) is 0 Å². The molecule has 1 amide bonds. The number of aromatic nitrogens is 2. The summed E-state index contributed by atoms with van der Waals surface area (Å²) in [6.45, 7) is 3.63. The molecule has 25 heavy (non-hydrogen) atoms. The van der Waals surface area contributed by atoms with Gasteiger partial charge in [0.2, 0.25) is 5.91 Å². The molecule has 0 spiro atoms. The number of thioether (sulfide) groups is 1. The van der Waals surface area contributed by atoms with Gasteiger partial charge in [0.15, 0.2) is 0 Å². The molecule has 1 aromatic heterocycles. The van der Waals surface area contributed by atoms with Crippen LogP contribution < -0.4 is 16.6 Å². The largest absolute Gasteiger partial charge is 0.467 e. The van der Waals surface area contributed by atoms with Crippen molar-refractivity contribution >= 4 is 29.7 Å². The van der Waals surface area contributed by atoms with Crippen molar-refractivity contribution in [1.82, 2.24) is 15.3 Å². The lowest BCUT2D eigenvalue weighted by Crippen LogP contribution is -2.42. The number of H-pyrrole nitrogens is 2. The van der Waals surface area contributed by atoms with Gasteiger partial charge in [0.05, 0.1) is 12.7 Å². The first-order valence-electron chi connectivity index (χ1n) is 7.86. The number of carbonyl (C=O) groups excluding carboxylic acids is 2. The van der Waals surface area contributed by atoms with Crippen molar-refractivity contribution in [1.29, 1.82) is 0 Å². The van der Waals surface area contributed by atoms with Crippen LogP contribution in [-0.2, 0) is 14.3 Å². The highest BCUT2D eigenvalue weighted by Crippen LogP contribution is 2.08. The molecule has 138 valence electrons. The van der Waals surface area contributed by atoms with Gasteiger partial charge < -0.3 is 15.0 Å². The van der Waals surface area contributed by atoms with Gasteiger partial charge in [0.25, 0.3) is 5.56 Å². The van der Waals surface area contributed by atoms with Crippen LogP contribution >= 0.6 is 11.8 Å². The lowest BCUT2D eigenvalue weighted by molar-refractivity contribution is -0.143. The monoisotopic (exact) mass is 369 g/mol. The number of rotatable bonds is 9. The molecule has 0 saturated carbocycles. The Morgan fingerprint density at radius 2 is 2.04 bits per heavy atom. The summed E-state index contributed by atoms with van der Waals surface area (Å²) in [5.74, 6) is 0.243. The molecular formula is C16H23N3O5S. The van der Waals surface area contributed by atoms with E-state index in [0.29, 0.717) is 11.4 Å². The van der Waals surface area contributed by atoms with Crippen LogP contribution in [0.25, 0.3) is 6.08 Å². The SMILES string of the molecule is CCCCSC[C@@H](NC(=O)/C=C/c1c(C)[nH]c(=O)[nH]c1=O)C(=O)OC. The van der Waals surface area contributed by atoms with Crippen LogP contribution in [0.5, 0.6) is 0 Å². The molecule has 0 aliphatic heterocycles. The first-order valence-corrected chi connectivity index (χ1v) is 9.01. The van der Waals surface area contributed by atoms with Gasteiger partial charge >= 0.3 is 11.7 Å². The summed E-state index contributed by atoms with van der Waals surface area (Å²) in [6, 6.07) is -0.765. The number of aromatic amines is 2. The number of aryl methyl sites for hydroxylation is 1. The molecule has 1 rings (SSSR count). The Morgan fingerprint density at radius 3 is 2.64 bits per heavy atom. The molecule has 0 radical (unpaired) electrons. The second-order valence-electron chi connectivity index (χ2n) is 5.29. The van der Waals surface area contributed by atoms with Crippen LogP contribution in [0.3, 0.4) is 0 Å². The van der Waals surface area contributed by atoms with E-state index in [4.69, 9.17) is 4.74 Å². The summed E-state index contributed by atoms with van der Waals surface area (Å²) in [7, 11) is 1.26. The number of amides is 1. The zero-order valence-electron chi connectivity index (χ0n) is 14.5. The summed E-state index contributed by atoms with van der Waals surface area (Å²) >= 11 is 1.56. The van der Waals surface area contributed by atoms with Crippen LogP contribution in [0.1, 0.15) is 31.0 Å². The number of carbonyl (C=O) groups is 2. The Kier molecular flexibility index (Phi) is 8.76. The second-order valence-corrected chi connectivity index (χ2v) is 6.44. The molecule has 8 nitrogen and oxygen atoms in total. The highest BCUT2D eigenvalue weighted by Gasteiger charge is 2.20. The maximum Gasteiger partial charge on any atom is 0.329 e. The summed E-state index contributed by atoms with van der Waals surface area (Å²) < 4.78 is 4.70. The lowest BCUT2D eigenvalue weighted by Gasteiger charge is -2.15. The van der Waals surface area contributed by atoms with Crippen LogP contribution in [0, 0.1) is 6.92 Å². The molecule has 0 aliphatic rings. The standard InChI is InChI=1S/C16H23N3O5S/c1-4-5-8-25-9-12(15(22)24-3)18-13(20)7-6-11-10(2)17-16(23)19-14(11)21/h6-7,12H,4-5,8-9H2,1-3H3,(H,18,20)(H2,17,19,21,23)/b7-6+/t12-/m1/s1. The summed E-state index contributed by atoms with van der Waals surface area (Å²) in [5.41, 5.74) is -0.692.